The number of carbonyl (C=O) groups is 3. The zero-order chi connectivity index (χ0) is 19.5. The lowest BCUT2D eigenvalue weighted by molar-refractivity contribution is -0.118. The van der Waals surface area contributed by atoms with Gasteiger partial charge in [-0.25, -0.2) is 0 Å². The molecule has 6 nitrogen and oxygen atoms in total. The molecule has 140 valence electrons. The van der Waals surface area contributed by atoms with Crippen molar-refractivity contribution in [1.82, 2.24) is 5.32 Å². The molecule has 3 N–H and O–H groups in total. The van der Waals surface area contributed by atoms with Gasteiger partial charge < -0.3 is 16.0 Å². The molecular formula is C22H19N3O3. The third kappa shape index (κ3) is 3.57. The summed E-state index contributed by atoms with van der Waals surface area (Å²) in [6.07, 6.45) is 0.320. The fourth-order valence-corrected chi connectivity index (χ4v) is 3.34. The maximum Gasteiger partial charge on any atom is 0.254 e. The Morgan fingerprint density at radius 1 is 0.929 bits per heavy atom. The van der Waals surface area contributed by atoms with Gasteiger partial charge in [-0.3, -0.25) is 14.4 Å². The van der Waals surface area contributed by atoms with Gasteiger partial charge in [0, 0.05) is 17.5 Å². The number of nitrogens with one attached hydrogen (secondary N) is 3. The van der Waals surface area contributed by atoms with Gasteiger partial charge >= 0.3 is 0 Å². The Balaban J connectivity index is 1.42. The van der Waals surface area contributed by atoms with Crippen LogP contribution in [0.3, 0.4) is 0 Å². The van der Waals surface area contributed by atoms with Crippen molar-refractivity contribution in [3.63, 3.8) is 0 Å². The molecule has 0 unspecified atom stereocenters. The monoisotopic (exact) mass is 373 g/mol. The van der Waals surface area contributed by atoms with Crippen molar-refractivity contribution >= 4 is 39.9 Å². The Kier molecular flexibility index (Phi) is 4.76. The van der Waals surface area contributed by atoms with Crippen LogP contribution in [-0.2, 0) is 9.59 Å². The zero-order valence-electron chi connectivity index (χ0n) is 15.1. The minimum Gasteiger partial charge on any atom is -0.340 e. The number of benzene rings is 3. The highest BCUT2D eigenvalue weighted by Crippen LogP contribution is 2.23. The van der Waals surface area contributed by atoms with Gasteiger partial charge in [-0.2, -0.15) is 0 Å². The normalized spacial score (nSPS) is 15.9. The van der Waals surface area contributed by atoms with E-state index in [2.05, 4.69) is 16.0 Å². The van der Waals surface area contributed by atoms with E-state index >= 15 is 0 Å². The van der Waals surface area contributed by atoms with E-state index in [-0.39, 0.29) is 30.6 Å². The summed E-state index contributed by atoms with van der Waals surface area (Å²) in [7, 11) is 0. The van der Waals surface area contributed by atoms with E-state index in [9.17, 15) is 14.4 Å². The SMILES string of the molecule is O=C(CC[C@@H]1NC(=O)c2ccccc2NC1=O)Nc1cccc2ccccc12. The van der Waals surface area contributed by atoms with Crippen LogP contribution in [0.15, 0.2) is 66.7 Å². The van der Waals surface area contributed by atoms with Gasteiger partial charge in [0.1, 0.15) is 6.04 Å². The first-order valence-corrected chi connectivity index (χ1v) is 9.10. The molecule has 0 radical (unpaired) electrons. The van der Waals surface area contributed by atoms with Crippen LogP contribution in [0.1, 0.15) is 23.2 Å². The third-order valence-electron chi connectivity index (χ3n) is 4.78. The summed E-state index contributed by atoms with van der Waals surface area (Å²) < 4.78 is 0. The number of para-hydroxylation sites is 1. The summed E-state index contributed by atoms with van der Waals surface area (Å²) in [6.45, 7) is 0. The van der Waals surface area contributed by atoms with Crippen LogP contribution in [0.2, 0.25) is 0 Å². The first-order valence-electron chi connectivity index (χ1n) is 9.10. The van der Waals surface area contributed by atoms with Gasteiger partial charge in [-0.05, 0) is 30.0 Å². The predicted molar refractivity (Wildman–Crippen MR) is 108 cm³/mol. The number of rotatable bonds is 4. The minimum absolute atomic E-state index is 0.109. The van der Waals surface area contributed by atoms with Crippen molar-refractivity contribution < 1.29 is 14.4 Å². The molecule has 0 aliphatic carbocycles. The number of anilines is 2. The van der Waals surface area contributed by atoms with Crippen LogP contribution in [-0.4, -0.2) is 23.8 Å². The first-order chi connectivity index (χ1) is 13.6. The number of carbonyl (C=O) groups excluding carboxylic acids is 3. The topological polar surface area (TPSA) is 87.3 Å². The molecule has 3 amide bonds. The highest BCUT2D eigenvalue weighted by atomic mass is 16.2. The summed E-state index contributed by atoms with van der Waals surface area (Å²) in [5.74, 6) is -0.857. The van der Waals surface area contributed by atoms with E-state index in [4.69, 9.17) is 0 Å². The highest BCUT2D eigenvalue weighted by molar-refractivity contribution is 6.10. The molecule has 3 aromatic carbocycles. The Morgan fingerprint density at radius 3 is 2.57 bits per heavy atom. The van der Waals surface area contributed by atoms with Crippen molar-refractivity contribution in [3.05, 3.63) is 72.3 Å². The molecule has 3 aromatic rings. The molecule has 1 aliphatic rings. The van der Waals surface area contributed by atoms with Gasteiger partial charge in [0.2, 0.25) is 11.8 Å². The summed E-state index contributed by atoms with van der Waals surface area (Å²) in [4.78, 5) is 37.2. The Labute approximate surface area is 161 Å². The molecular weight excluding hydrogens is 354 g/mol. The number of hydrogen-bond donors (Lipinski definition) is 3. The second-order valence-electron chi connectivity index (χ2n) is 6.67. The molecule has 0 fully saturated rings. The van der Waals surface area contributed by atoms with E-state index in [0.29, 0.717) is 11.3 Å². The third-order valence-corrected chi connectivity index (χ3v) is 4.78. The standard InChI is InChI=1S/C22H19N3O3/c26-20(23-17-11-5-7-14-6-1-2-8-15(14)17)13-12-19-22(28)24-18-10-4-3-9-16(18)21(27)25-19/h1-11,19H,12-13H2,(H,23,26)(H,24,28)(H,25,27)/t19-/m0/s1. The lowest BCUT2D eigenvalue weighted by atomic mass is 10.1. The Hall–Kier alpha value is -3.67. The summed E-state index contributed by atoms with van der Waals surface area (Å²) in [5.41, 5.74) is 1.62. The molecule has 1 heterocycles. The highest BCUT2D eigenvalue weighted by Gasteiger charge is 2.27. The van der Waals surface area contributed by atoms with Crippen molar-refractivity contribution in [2.24, 2.45) is 0 Å². The number of amides is 3. The zero-order valence-corrected chi connectivity index (χ0v) is 15.1. The van der Waals surface area contributed by atoms with Gasteiger partial charge in [0.05, 0.1) is 11.3 Å². The molecule has 0 aromatic heterocycles. The molecule has 4 rings (SSSR count). The predicted octanol–water partition coefficient (Wildman–Crippen LogP) is 3.31. The van der Waals surface area contributed by atoms with Gasteiger partial charge in [-0.15, -0.1) is 0 Å². The Morgan fingerprint density at radius 2 is 1.68 bits per heavy atom. The average molecular weight is 373 g/mol. The van der Waals surface area contributed by atoms with Crippen LogP contribution >= 0.6 is 0 Å². The molecule has 0 spiro atoms. The number of fused-ring (bicyclic) bond motifs is 2. The van der Waals surface area contributed by atoms with E-state index in [0.717, 1.165) is 16.5 Å². The molecule has 0 saturated carbocycles. The largest absolute Gasteiger partial charge is 0.340 e. The minimum atomic E-state index is -0.766. The van der Waals surface area contributed by atoms with Crippen molar-refractivity contribution in [2.45, 2.75) is 18.9 Å². The van der Waals surface area contributed by atoms with Crippen LogP contribution in [0.25, 0.3) is 10.8 Å². The van der Waals surface area contributed by atoms with Crippen molar-refractivity contribution in [2.75, 3.05) is 10.6 Å². The van der Waals surface area contributed by atoms with Gasteiger partial charge in [0.25, 0.3) is 5.91 Å². The molecule has 0 saturated heterocycles. The smallest absolute Gasteiger partial charge is 0.254 e. The maximum absolute atomic E-state index is 12.4. The molecule has 1 atom stereocenters. The van der Waals surface area contributed by atoms with Gasteiger partial charge in [-0.1, -0.05) is 48.5 Å². The average Bonchev–Trinajstić information content (AvgIpc) is 2.83. The van der Waals surface area contributed by atoms with E-state index in [1.807, 2.05) is 42.5 Å². The van der Waals surface area contributed by atoms with Crippen molar-refractivity contribution in [3.8, 4) is 0 Å². The second-order valence-corrected chi connectivity index (χ2v) is 6.67. The number of hydrogen-bond acceptors (Lipinski definition) is 3. The van der Waals surface area contributed by atoms with Crippen LogP contribution in [0.5, 0.6) is 0 Å². The molecule has 1 aliphatic heterocycles. The molecule has 6 heteroatoms. The van der Waals surface area contributed by atoms with Crippen LogP contribution in [0.4, 0.5) is 11.4 Å². The Bertz CT molecular complexity index is 1070. The van der Waals surface area contributed by atoms with E-state index in [1.54, 1.807) is 24.3 Å². The summed E-state index contributed by atoms with van der Waals surface area (Å²) >= 11 is 0. The summed E-state index contributed by atoms with van der Waals surface area (Å²) in [6, 6.07) is 19.6. The van der Waals surface area contributed by atoms with Crippen molar-refractivity contribution in [1.29, 1.82) is 0 Å². The molecule has 28 heavy (non-hydrogen) atoms. The maximum atomic E-state index is 12.4. The fourth-order valence-electron chi connectivity index (χ4n) is 3.34. The lowest BCUT2D eigenvalue weighted by Crippen LogP contribution is -2.41. The summed E-state index contributed by atoms with van der Waals surface area (Å²) in [5, 5.41) is 10.3. The first kappa shape index (κ1) is 17.7. The second kappa shape index (κ2) is 7.52. The van der Waals surface area contributed by atoms with Gasteiger partial charge in [0.15, 0.2) is 0 Å². The van der Waals surface area contributed by atoms with Crippen LogP contribution in [0, 0.1) is 0 Å². The lowest BCUT2D eigenvalue weighted by Gasteiger charge is -2.14. The van der Waals surface area contributed by atoms with Crippen LogP contribution < -0.4 is 16.0 Å². The quantitative estimate of drug-likeness (QED) is 0.656. The fraction of sp³-hybridized carbons (Fsp3) is 0.136. The molecule has 0 bridgehead atoms. The van der Waals surface area contributed by atoms with E-state index < -0.39 is 6.04 Å². The van der Waals surface area contributed by atoms with E-state index in [1.165, 1.54) is 0 Å².